The predicted molar refractivity (Wildman–Crippen MR) is 127 cm³/mol. The third-order valence-corrected chi connectivity index (χ3v) is 5.69. The van der Waals surface area contributed by atoms with E-state index in [0.29, 0.717) is 22.0 Å². The molecule has 3 aromatic carbocycles. The van der Waals surface area contributed by atoms with Crippen molar-refractivity contribution in [2.24, 2.45) is 0 Å². The summed E-state index contributed by atoms with van der Waals surface area (Å²) in [4.78, 5) is 42.1. The lowest BCUT2D eigenvalue weighted by Gasteiger charge is -2.09. The summed E-state index contributed by atoms with van der Waals surface area (Å²) in [5.74, 6) is -2.02. The Bertz CT molecular complexity index is 1350. The third-order valence-electron chi connectivity index (χ3n) is 4.93. The van der Waals surface area contributed by atoms with Gasteiger partial charge in [0.15, 0.2) is 17.5 Å². The highest BCUT2D eigenvalue weighted by Gasteiger charge is 2.20. The zero-order valence-electron chi connectivity index (χ0n) is 18.1. The molecule has 0 bridgehead atoms. The summed E-state index contributed by atoms with van der Waals surface area (Å²) in [6, 6.07) is 19.2. The van der Waals surface area contributed by atoms with Crippen molar-refractivity contribution in [3.8, 4) is 11.3 Å². The maximum Gasteiger partial charge on any atom is 0.339 e. The van der Waals surface area contributed by atoms with Crippen LogP contribution in [0, 0.1) is 12.7 Å². The van der Waals surface area contributed by atoms with Gasteiger partial charge in [-0.15, -0.1) is 11.3 Å². The van der Waals surface area contributed by atoms with Crippen molar-refractivity contribution in [1.29, 1.82) is 0 Å². The first-order valence-electron chi connectivity index (χ1n) is 10.3. The lowest BCUT2D eigenvalue weighted by Crippen LogP contribution is -2.22. The first kappa shape index (κ1) is 23.0. The molecule has 8 heteroatoms. The van der Waals surface area contributed by atoms with Crippen molar-refractivity contribution in [2.75, 3.05) is 11.9 Å². The number of aromatic nitrogens is 1. The normalized spacial score (nSPS) is 10.5. The minimum Gasteiger partial charge on any atom is -0.452 e. The molecule has 4 rings (SSSR count). The number of halogens is 1. The third kappa shape index (κ3) is 5.41. The quantitative estimate of drug-likeness (QED) is 0.291. The smallest absolute Gasteiger partial charge is 0.339 e. The number of esters is 1. The number of ketones is 1. The van der Waals surface area contributed by atoms with E-state index in [9.17, 15) is 18.8 Å². The number of amides is 1. The number of thiazole rings is 1. The van der Waals surface area contributed by atoms with Crippen LogP contribution < -0.4 is 5.32 Å². The number of nitrogens with zero attached hydrogens (tertiary/aromatic N) is 1. The van der Waals surface area contributed by atoms with Crippen LogP contribution in [0.3, 0.4) is 0 Å². The van der Waals surface area contributed by atoms with Gasteiger partial charge in [0.1, 0.15) is 5.82 Å². The SMILES string of the molecule is Cc1ccc(C(=O)c2ccccc2C(=O)OCC(=O)Nc2nc(-c3ccc(F)cc3)cs2)cc1. The molecule has 0 unspecified atom stereocenters. The Morgan fingerprint density at radius 2 is 1.62 bits per heavy atom. The van der Waals surface area contributed by atoms with E-state index < -0.39 is 18.5 Å². The van der Waals surface area contributed by atoms with E-state index >= 15 is 0 Å². The molecule has 34 heavy (non-hydrogen) atoms. The van der Waals surface area contributed by atoms with Gasteiger partial charge in [-0.1, -0.05) is 48.0 Å². The fourth-order valence-corrected chi connectivity index (χ4v) is 3.90. The van der Waals surface area contributed by atoms with Crippen LogP contribution in [-0.4, -0.2) is 29.3 Å². The number of benzene rings is 3. The number of hydrogen-bond acceptors (Lipinski definition) is 6. The van der Waals surface area contributed by atoms with Crippen LogP contribution in [-0.2, 0) is 9.53 Å². The second-order valence-corrected chi connectivity index (χ2v) is 8.27. The molecular formula is C26H19FN2O4S. The van der Waals surface area contributed by atoms with Gasteiger partial charge in [-0.05, 0) is 37.3 Å². The van der Waals surface area contributed by atoms with Crippen molar-refractivity contribution in [1.82, 2.24) is 4.98 Å². The van der Waals surface area contributed by atoms with Gasteiger partial charge in [-0.3, -0.25) is 14.9 Å². The molecule has 0 saturated carbocycles. The first-order valence-corrected chi connectivity index (χ1v) is 11.2. The second-order valence-electron chi connectivity index (χ2n) is 7.41. The lowest BCUT2D eigenvalue weighted by molar-refractivity contribution is -0.119. The zero-order valence-corrected chi connectivity index (χ0v) is 18.9. The maximum atomic E-state index is 13.1. The van der Waals surface area contributed by atoms with Gasteiger partial charge >= 0.3 is 5.97 Å². The van der Waals surface area contributed by atoms with E-state index in [0.717, 1.165) is 5.56 Å². The average molecular weight is 475 g/mol. The molecule has 0 spiro atoms. The fourth-order valence-electron chi connectivity index (χ4n) is 3.17. The Balaban J connectivity index is 1.39. The average Bonchev–Trinajstić information content (AvgIpc) is 3.31. The van der Waals surface area contributed by atoms with Crippen LogP contribution in [0.2, 0.25) is 0 Å². The molecule has 1 amide bonds. The standard InChI is InChI=1S/C26H19FN2O4S/c1-16-6-8-18(9-7-16)24(31)20-4-2-3-5-21(20)25(32)33-14-23(30)29-26-28-22(15-34-26)17-10-12-19(27)13-11-17/h2-13,15H,14H2,1H3,(H,28,29,30). The highest BCUT2D eigenvalue weighted by atomic mass is 32.1. The molecule has 170 valence electrons. The molecule has 0 aliphatic heterocycles. The number of nitrogens with one attached hydrogen (secondary N) is 1. The number of anilines is 1. The summed E-state index contributed by atoms with van der Waals surface area (Å²) in [6.45, 7) is 1.37. The highest BCUT2D eigenvalue weighted by molar-refractivity contribution is 7.14. The Hall–Kier alpha value is -4.17. The molecule has 0 aliphatic rings. The molecule has 1 heterocycles. The molecule has 1 N–H and O–H groups in total. The Morgan fingerprint density at radius 1 is 0.941 bits per heavy atom. The Labute approximate surface area is 199 Å². The van der Waals surface area contributed by atoms with E-state index in [-0.39, 0.29) is 22.7 Å². The lowest BCUT2D eigenvalue weighted by atomic mass is 9.98. The molecule has 0 radical (unpaired) electrons. The number of carbonyl (C=O) groups is 3. The molecular weight excluding hydrogens is 455 g/mol. The van der Waals surface area contributed by atoms with E-state index in [1.165, 1.54) is 29.5 Å². The van der Waals surface area contributed by atoms with E-state index in [2.05, 4.69) is 10.3 Å². The van der Waals surface area contributed by atoms with Crippen molar-refractivity contribution in [3.63, 3.8) is 0 Å². The van der Waals surface area contributed by atoms with Crippen molar-refractivity contribution >= 4 is 34.1 Å². The minimum atomic E-state index is -0.780. The maximum absolute atomic E-state index is 13.1. The van der Waals surface area contributed by atoms with Crippen molar-refractivity contribution in [3.05, 3.63) is 106 Å². The largest absolute Gasteiger partial charge is 0.452 e. The zero-order chi connectivity index (χ0) is 24.1. The molecule has 0 atom stereocenters. The van der Waals surface area contributed by atoms with Gasteiger partial charge in [0, 0.05) is 22.1 Å². The molecule has 0 fully saturated rings. The summed E-state index contributed by atoms with van der Waals surface area (Å²) < 4.78 is 18.2. The first-order chi connectivity index (χ1) is 16.4. The Kier molecular flexibility index (Phi) is 6.89. The summed E-state index contributed by atoms with van der Waals surface area (Å²) in [6.07, 6.45) is 0. The van der Waals surface area contributed by atoms with Crippen LogP contribution in [0.25, 0.3) is 11.3 Å². The summed E-state index contributed by atoms with van der Waals surface area (Å²) >= 11 is 1.19. The number of hydrogen-bond donors (Lipinski definition) is 1. The summed E-state index contributed by atoms with van der Waals surface area (Å²) in [5.41, 5.74) is 3.03. The van der Waals surface area contributed by atoms with Crippen LogP contribution in [0.4, 0.5) is 9.52 Å². The molecule has 0 saturated heterocycles. The van der Waals surface area contributed by atoms with Gasteiger partial charge in [-0.2, -0.15) is 0 Å². The second kappa shape index (κ2) is 10.2. The summed E-state index contributed by atoms with van der Waals surface area (Å²) in [5, 5.41) is 4.61. The van der Waals surface area contributed by atoms with Gasteiger partial charge < -0.3 is 4.74 Å². The van der Waals surface area contributed by atoms with Crippen molar-refractivity contribution < 1.29 is 23.5 Å². The van der Waals surface area contributed by atoms with E-state index in [4.69, 9.17) is 4.74 Å². The minimum absolute atomic E-state index is 0.0775. The van der Waals surface area contributed by atoms with Crippen LogP contribution >= 0.6 is 11.3 Å². The molecule has 1 aromatic heterocycles. The highest BCUT2D eigenvalue weighted by Crippen LogP contribution is 2.25. The summed E-state index contributed by atoms with van der Waals surface area (Å²) in [7, 11) is 0. The molecule has 0 aliphatic carbocycles. The van der Waals surface area contributed by atoms with E-state index in [1.54, 1.807) is 47.8 Å². The fraction of sp³-hybridized carbons (Fsp3) is 0.0769. The van der Waals surface area contributed by atoms with Crippen LogP contribution in [0.1, 0.15) is 31.8 Å². The predicted octanol–water partition coefficient (Wildman–Crippen LogP) is 5.28. The monoisotopic (exact) mass is 474 g/mol. The van der Waals surface area contributed by atoms with Gasteiger partial charge in [0.05, 0.1) is 11.3 Å². The number of ether oxygens (including phenoxy) is 1. The number of aryl methyl sites for hydroxylation is 1. The topological polar surface area (TPSA) is 85.4 Å². The molecule has 6 nitrogen and oxygen atoms in total. The van der Waals surface area contributed by atoms with E-state index in [1.807, 2.05) is 19.1 Å². The Morgan fingerprint density at radius 3 is 2.32 bits per heavy atom. The van der Waals surface area contributed by atoms with Gasteiger partial charge in [0.25, 0.3) is 5.91 Å². The van der Waals surface area contributed by atoms with Crippen molar-refractivity contribution in [2.45, 2.75) is 6.92 Å². The van der Waals surface area contributed by atoms with Gasteiger partial charge in [-0.25, -0.2) is 14.2 Å². The van der Waals surface area contributed by atoms with Gasteiger partial charge in [0.2, 0.25) is 0 Å². The number of carbonyl (C=O) groups excluding carboxylic acids is 3. The van der Waals surface area contributed by atoms with Crippen LogP contribution in [0.15, 0.2) is 78.2 Å². The van der Waals surface area contributed by atoms with Crippen LogP contribution in [0.5, 0.6) is 0 Å². The number of rotatable bonds is 7. The molecule has 4 aromatic rings.